The Hall–Kier alpha value is -3.99. The number of benzene rings is 1. The molecule has 33 heavy (non-hydrogen) atoms. The molecule has 0 aliphatic carbocycles. The number of anilines is 2. The fraction of sp³-hybridized carbons (Fsp3) is 0.190. The van der Waals surface area contributed by atoms with E-state index < -0.39 is 5.82 Å². The van der Waals surface area contributed by atoms with Gasteiger partial charge in [0.25, 0.3) is 0 Å². The van der Waals surface area contributed by atoms with Crippen LogP contribution >= 0.6 is 11.6 Å². The molecule has 1 aliphatic rings. The van der Waals surface area contributed by atoms with E-state index in [-0.39, 0.29) is 28.4 Å². The van der Waals surface area contributed by atoms with Gasteiger partial charge in [0, 0.05) is 32.2 Å². The maximum absolute atomic E-state index is 14.3. The second-order valence-corrected chi connectivity index (χ2v) is 7.77. The van der Waals surface area contributed by atoms with Crippen LogP contribution in [0.2, 0.25) is 5.02 Å². The number of aromatic nitrogens is 5. The van der Waals surface area contributed by atoms with E-state index in [2.05, 4.69) is 31.7 Å². The molecule has 1 aromatic carbocycles. The van der Waals surface area contributed by atoms with Gasteiger partial charge >= 0.3 is 0 Å². The molecule has 0 atom stereocenters. The lowest BCUT2D eigenvalue weighted by molar-refractivity contribution is -0.126. The number of carbonyl (C=O) groups is 1. The van der Waals surface area contributed by atoms with Crippen LogP contribution in [0.1, 0.15) is 0 Å². The Labute approximate surface area is 191 Å². The van der Waals surface area contributed by atoms with Gasteiger partial charge in [-0.1, -0.05) is 18.2 Å². The zero-order valence-electron chi connectivity index (χ0n) is 17.3. The number of hydrogen-bond donors (Lipinski definition) is 2. The number of rotatable bonds is 4. The highest BCUT2D eigenvalue weighted by Crippen LogP contribution is 2.40. The molecular formula is C21H18ClFN8O2. The molecule has 1 amide bonds. The lowest BCUT2D eigenvalue weighted by Gasteiger charge is -2.35. The van der Waals surface area contributed by atoms with Crippen LogP contribution < -0.4 is 15.4 Å². The van der Waals surface area contributed by atoms with Gasteiger partial charge in [0.05, 0.1) is 22.5 Å². The number of nitrogens with zero attached hydrogens (tertiary/aromatic N) is 6. The van der Waals surface area contributed by atoms with Crippen LogP contribution in [-0.2, 0) is 4.79 Å². The van der Waals surface area contributed by atoms with Crippen LogP contribution in [0.15, 0.2) is 37.3 Å². The fourth-order valence-electron chi connectivity index (χ4n) is 3.83. The van der Waals surface area contributed by atoms with E-state index in [1.165, 1.54) is 24.7 Å². The van der Waals surface area contributed by atoms with Crippen LogP contribution in [0.5, 0.6) is 11.6 Å². The summed E-state index contributed by atoms with van der Waals surface area (Å²) >= 11 is 6.19. The molecule has 1 fully saturated rings. The van der Waals surface area contributed by atoms with Crippen LogP contribution in [0.4, 0.5) is 16.0 Å². The Kier molecular flexibility index (Phi) is 5.17. The van der Waals surface area contributed by atoms with E-state index in [0.717, 1.165) is 0 Å². The van der Waals surface area contributed by atoms with Crippen LogP contribution in [0, 0.1) is 5.82 Å². The second-order valence-electron chi connectivity index (χ2n) is 7.40. The third kappa shape index (κ3) is 3.65. The SMILES string of the molecule is C=CC(=O)N1CCN(c2ncnc3c(Oc4c(Cl)c(F)cc5[nH]ncc45)nc(N)cc23)CC1. The average molecular weight is 469 g/mol. The topological polar surface area (TPSA) is 126 Å². The molecule has 4 heterocycles. The third-order valence-electron chi connectivity index (χ3n) is 5.45. The number of pyridine rings is 1. The number of ether oxygens (including phenoxy) is 1. The van der Waals surface area contributed by atoms with Gasteiger partial charge in [-0.15, -0.1) is 0 Å². The Morgan fingerprint density at radius 2 is 2.03 bits per heavy atom. The Morgan fingerprint density at radius 3 is 2.79 bits per heavy atom. The summed E-state index contributed by atoms with van der Waals surface area (Å²) in [6.45, 7) is 5.72. The fourth-order valence-corrected chi connectivity index (χ4v) is 4.03. The highest BCUT2D eigenvalue weighted by molar-refractivity contribution is 6.33. The third-order valence-corrected chi connectivity index (χ3v) is 5.80. The first-order chi connectivity index (χ1) is 16.0. The van der Waals surface area contributed by atoms with Crippen LogP contribution in [0.25, 0.3) is 21.8 Å². The van der Waals surface area contributed by atoms with Crippen LogP contribution in [-0.4, -0.2) is 62.1 Å². The van der Waals surface area contributed by atoms with Crippen molar-refractivity contribution in [3.05, 3.63) is 48.2 Å². The maximum atomic E-state index is 14.3. The lowest BCUT2D eigenvalue weighted by atomic mass is 10.2. The quantitative estimate of drug-likeness (QED) is 0.438. The maximum Gasteiger partial charge on any atom is 0.248 e. The molecule has 168 valence electrons. The van der Waals surface area contributed by atoms with E-state index in [4.69, 9.17) is 22.1 Å². The zero-order chi connectivity index (χ0) is 23.1. The van der Waals surface area contributed by atoms with E-state index in [0.29, 0.717) is 53.8 Å². The molecule has 5 rings (SSSR count). The van der Waals surface area contributed by atoms with Gasteiger partial charge in [0.2, 0.25) is 11.8 Å². The first kappa shape index (κ1) is 20.9. The molecular weight excluding hydrogens is 451 g/mol. The van der Waals surface area contributed by atoms with E-state index in [9.17, 15) is 9.18 Å². The predicted octanol–water partition coefficient (Wildman–Crippen LogP) is 2.90. The number of aromatic amines is 1. The highest BCUT2D eigenvalue weighted by atomic mass is 35.5. The summed E-state index contributed by atoms with van der Waals surface area (Å²) in [6.07, 6.45) is 4.18. The lowest BCUT2D eigenvalue weighted by Crippen LogP contribution is -2.48. The molecule has 0 radical (unpaired) electrons. The number of carbonyl (C=O) groups excluding carboxylic acids is 1. The molecule has 0 spiro atoms. The molecule has 1 aliphatic heterocycles. The number of halogens is 2. The molecule has 3 aromatic heterocycles. The Morgan fingerprint density at radius 1 is 1.24 bits per heavy atom. The number of hydrogen-bond acceptors (Lipinski definition) is 8. The van der Waals surface area contributed by atoms with E-state index >= 15 is 0 Å². The number of nitrogens with two attached hydrogens (primary N) is 1. The van der Waals surface area contributed by atoms with Crippen molar-refractivity contribution < 1.29 is 13.9 Å². The van der Waals surface area contributed by atoms with Gasteiger partial charge in [0.15, 0.2) is 5.75 Å². The van der Waals surface area contributed by atoms with Crippen molar-refractivity contribution in [3.8, 4) is 11.6 Å². The molecule has 10 nitrogen and oxygen atoms in total. The van der Waals surface area contributed by atoms with Gasteiger partial charge in [-0.3, -0.25) is 9.89 Å². The highest BCUT2D eigenvalue weighted by Gasteiger charge is 2.24. The molecule has 0 bridgehead atoms. The van der Waals surface area contributed by atoms with Crippen molar-refractivity contribution in [2.75, 3.05) is 36.8 Å². The largest absolute Gasteiger partial charge is 0.434 e. The van der Waals surface area contributed by atoms with Crippen LogP contribution in [0.3, 0.4) is 0 Å². The predicted molar refractivity (Wildman–Crippen MR) is 122 cm³/mol. The van der Waals surface area contributed by atoms with Crippen molar-refractivity contribution in [1.29, 1.82) is 0 Å². The monoisotopic (exact) mass is 468 g/mol. The number of amides is 1. The number of nitrogens with one attached hydrogen (secondary N) is 1. The van der Waals surface area contributed by atoms with E-state index in [1.54, 1.807) is 11.0 Å². The second kappa shape index (κ2) is 8.17. The zero-order valence-corrected chi connectivity index (χ0v) is 18.0. The number of fused-ring (bicyclic) bond motifs is 2. The van der Waals surface area contributed by atoms with Gasteiger partial charge in [0.1, 0.15) is 34.3 Å². The standard InChI is InChI=1S/C21H18ClFN8O2/c1-2-16(32)30-3-5-31(6-4-30)20-11-7-15(24)28-21(18(11)25-10-26-20)33-19-12-9-27-29-14(12)8-13(23)17(19)22/h2,7-10H,1,3-6H2,(H2,24,28)(H,27,29). The molecule has 4 aromatic rings. The summed E-state index contributed by atoms with van der Waals surface area (Å²) in [7, 11) is 0. The first-order valence-electron chi connectivity index (χ1n) is 10.0. The van der Waals surface area contributed by atoms with Crippen molar-refractivity contribution in [2.45, 2.75) is 0 Å². The minimum absolute atomic E-state index is 0.0523. The number of nitrogen functional groups attached to an aromatic ring is 1. The van der Waals surface area contributed by atoms with Crippen molar-refractivity contribution >= 4 is 50.9 Å². The van der Waals surface area contributed by atoms with Gasteiger partial charge < -0.3 is 20.3 Å². The number of H-pyrrole nitrogens is 1. The summed E-state index contributed by atoms with van der Waals surface area (Å²) in [5, 5.41) is 7.50. The van der Waals surface area contributed by atoms with Gasteiger partial charge in [-0.2, -0.15) is 10.1 Å². The van der Waals surface area contributed by atoms with Gasteiger partial charge in [-0.25, -0.2) is 14.4 Å². The summed E-state index contributed by atoms with van der Waals surface area (Å²) in [5.74, 6) is 0.136. The van der Waals surface area contributed by atoms with Crippen molar-refractivity contribution in [2.24, 2.45) is 0 Å². The minimum atomic E-state index is -0.668. The normalized spacial score (nSPS) is 14.1. The Bertz CT molecular complexity index is 1400. The first-order valence-corrected chi connectivity index (χ1v) is 10.4. The van der Waals surface area contributed by atoms with Crippen molar-refractivity contribution in [3.63, 3.8) is 0 Å². The minimum Gasteiger partial charge on any atom is -0.434 e. The summed E-state index contributed by atoms with van der Waals surface area (Å²) < 4.78 is 20.3. The summed E-state index contributed by atoms with van der Waals surface area (Å²) in [6, 6.07) is 2.89. The summed E-state index contributed by atoms with van der Waals surface area (Å²) in [4.78, 5) is 28.7. The van der Waals surface area contributed by atoms with E-state index in [1.807, 2.05) is 4.90 Å². The molecule has 0 unspecified atom stereocenters. The molecule has 3 N–H and O–H groups in total. The number of piperazine rings is 1. The Balaban J connectivity index is 1.55. The summed E-state index contributed by atoms with van der Waals surface area (Å²) in [5.41, 5.74) is 6.87. The van der Waals surface area contributed by atoms with Crippen molar-refractivity contribution in [1.82, 2.24) is 30.0 Å². The molecule has 1 saturated heterocycles. The smallest absolute Gasteiger partial charge is 0.248 e. The van der Waals surface area contributed by atoms with Gasteiger partial charge in [-0.05, 0) is 12.1 Å². The molecule has 0 saturated carbocycles. The molecule has 12 heteroatoms. The average Bonchev–Trinajstić information content (AvgIpc) is 3.29.